The minimum Gasteiger partial charge on any atom is -0.373 e. The number of amides is 1. The van der Waals surface area contributed by atoms with Crippen LogP contribution in [0.3, 0.4) is 0 Å². The minimum atomic E-state index is -0.563. The van der Waals surface area contributed by atoms with Gasteiger partial charge in [0.15, 0.2) is 0 Å². The second-order valence-electron chi connectivity index (χ2n) is 4.91. The lowest BCUT2D eigenvalue weighted by molar-refractivity contribution is -0.385. The van der Waals surface area contributed by atoms with E-state index in [9.17, 15) is 14.9 Å². The first-order valence-electron chi connectivity index (χ1n) is 6.70. The minimum absolute atomic E-state index is 0.0436. The zero-order valence-corrected chi connectivity index (χ0v) is 13.0. The molecule has 1 fully saturated rings. The first kappa shape index (κ1) is 15.6. The zero-order chi connectivity index (χ0) is 15.6. The Labute approximate surface area is 127 Å². The number of nitrogens with one attached hydrogen (secondary N) is 1. The number of nitro groups is 1. The molecule has 0 bridgehead atoms. The summed E-state index contributed by atoms with van der Waals surface area (Å²) < 4.78 is 0. The highest BCUT2D eigenvalue weighted by atomic mass is 32.2. The fraction of sp³-hybridized carbons (Fsp3) is 0.538. The molecule has 21 heavy (non-hydrogen) atoms. The van der Waals surface area contributed by atoms with Crippen molar-refractivity contribution < 1.29 is 9.72 Å². The Morgan fingerprint density at radius 1 is 1.57 bits per heavy atom. The van der Waals surface area contributed by atoms with Crippen molar-refractivity contribution in [3.8, 4) is 0 Å². The quantitative estimate of drug-likeness (QED) is 0.678. The fourth-order valence-corrected chi connectivity index (χ4v) is 3.38. The third kappa shape index (κ3) is 3.10. The van der Waals surface area contributed by atoms with Crippen LogP contribution < -0.4 is 5.32 Å². The van der Waals surface area contributed by atoms with E-state index < -0.39 is 4.92 Å². The van der Waals surface area contributed by atoms with E-state index in [-0.39, 0.29) is 23.2 Å². The average molecular weight is 310 g/mol. The van der Waals surface area contributed by atoms with Crippen molar-refractivity contribution in [1.82, 2.24) is 9.88 Å². The van der Waals surface area contributed by atoms with Gasteiger partial charge in [-0.05, 0) is 6.92 Å². The van der Waals surface area contributed by atoms with Crippen molar-refractivity contribution in [2.45, 2.75) is 25.1 Å². The van der Waals surface area contributed by atoms with Crippen LogP contribution in [0.15, 0.2) is 12.3 Å². The van der Waals surface area contributed by atoms with Crippen LogP contribution in [0.1, 0.15) is 24.2 Å². The summed E-state index contributed by atoms with van der Waals surface area (Å²) in [4.78, 5) is 28.9. The summed E-state index contributed by atoms with van der Waals surface area (Å²) in [6.45, 7) is 4.64. The maximum Gasteiger partial charge on any atom is 0.300 e. The molecule has 2 atom stereocenters. The predicted molar refractivity (Wildman–Crippen MR) is 82.9 cm³/mol. The van der Waals surface area contributed by atoms with Crippen molar-refractivity contribution in [3.05, 3.63) is 27.9 Å². The standard InChI is InChI=1S/C13H18N4O3S/c1-8-9(2)21-5-4-16(8)13(18)10-6-12(14-3)15-7-11(10)17(19)20/h6-9H,4-5H2,1-3H3,(H,14,15). The molecule has 0 saturated carbocycles. The Kier molecular flexibility index (Phi) is 4.66. The van der Waals surface area contributed by atoms with Crippen molar-refractivity contribution in [2.75, 3.05) is 24.7 Å². The maximum atomic E-state index is 12.7. The van der Waals surface area contributed by atoms with Gasteiger partial charge in [0.2, 0.25) is 0 Å². The molecule has 7 nitrogen and oxygen atoms in total. The molecule has 0 radical (unpaired) electrons. The third-order valence-corrected chi connectivity index (χ3v) is 5.05. The monoisotopic (exact) mass is 310 g/mol. The largest absolute Gasteiger partial charge is 0.373 e. The van der Waals surface area contributed by atoms with Gasteiger partial charge in [0.25, 0.3) is 11.6 Å². The lowest BCUT2D eigenvalue weighted by atomic mass is 10.1. The van der Waals surface area contributed by atoms with Gasteiger partial charge in [-0.3, -0.25) is 14.9 Å². The number of carbonyl (C=O) groups excluding carboxylic acids is 1. The highest BCUT2D eigenvalue weighted by molar-refractivity contribution is 8.00. The molecule has 1 amide bonds. The van der Waals surface area contributed by atoms with E-state index in [0.29, 0.717) is 17.6 Å². The molecule has 2 heterocycles. The molecule has 1 aliphatic rings. The van der Waals surface area contributed by atoms with Crippen LogP contribution in [0.25, 0.3) is 0 Å². The zero-order valence-electron chi connectivity index (χ0n) is 12.2. The number of thioether (sulfide) groups is 1. The molecule has 1 aromatic heterocycles. The molecule has 114 valence electrons. The van der Waals surface area contributed by atoms with Crippen LogP contribution in [0.5, 0.6) is 0 Å². The van der Waals surface area contributed by atoms with Crippen molar-refractivity contribution in [2.24, 2.45) is 0 Å². The second-order valence-corrected chi connectivity index (χ2v) is 6.39. The van der Waals surface area contributed by atoms with Crippen LogP contribution in [0.2, 0.25) is 0 Å². The molecular weight excluding hydrogens is 292 g/mol. The van der Waals surface area contributed by atoms with Crippen molar-refractivity contribution in [3.63, 3.8) is 0 Å². The molecule has 8 heteroatoms. The number of hydrogen-bond donors (Lipinski definition) is 1. The lowest BCUT2D eigenvalue weighted by Crippen LogP contribution is -2.48. The lowest BCUT2D eigenvalue weighted by Gasteiger charge is -2.37. The third-order valence-electron chi connectivity index (χ3n) is 3.71. The molecular formula is C13H18N4O3S. The summed E-state index contributed by atoms with van der Waals surface area (Å²) in [7, 11) is 1.66. The molecule has 2 unspecified atom stereocenters. The Morgan fingerprint density at radius 3 is 2.90 bits per heavy atom. The van der Waals surface area contributed by atoms with Gasteiger partial charge in [-0.1, -0.05) is 6.92 Å². The van der Waals surface area contributed by atoms with Gasteiger partial charge in [-0.15, -0.1) is 0 Å². The summed E-state index contributed by atoms with van der Waals surface area (Å²) >= 11 is 1.81. The Balaban J connectivity index is 2.39. The van der Waals surface area contributed by atoms with Gasteiger partial charge >= 0.3 is 0 Å². The summed E-state index contributed by atoms with van der Waals surface area (Å²) in [6.07, 6.45) is 1.13. The van der Waals surface area contributed by atoms with Crippen LogP contribution >= 0.6 is 11.8 Å². The van der Waals surface area contributed by atoms with E-state index >= 15 is 0 Å². The van der Waals surface area contributed by atoms with Gasteiger partial charge < -0.3 is 10.2 Å². The van der Waals surface area contributed by atoms with Gasteiger partial charge in [0, 0.05) is 36.7 Å². The Morgan fingerprint density at radius 2 is 2.29 bits per heavy atom. The summed E-state index contributed by atoms with van der Waals surface area (Å²) in [5.74, 6) is 0.978. The topological polar surface area (TPSA) is 88.4 Å². The smallest absolute Gasteiger partial charge is 0.300 e. The van der Waals surface area contributed by atoms with E-state index in [0.717, 1.165) is 11.9 Å². The molecule has 0 aliphatic carbocycles. The van der Waals surface area contributed by atoms with E-state index in [1.807, 2.05) is 18.7 Å². The fourth-order valence-electron chi connectivity index (χ4n) is 2.28. The van der Waals surface area contributed by atoms with Gasteiger partial charge in [0.05, 0.1) is 4.92 Å². The number of carbonyl (C=O) groups is 1. The van der Waals surface area contributed by atoms with E-state index in [1.165, 1.54) is 6.07 Å². The summed E-state index contributed by atoms with van der Waals surface area (Å²) in [5.41, 5.74) is -0.164. The number of pyridine rings is 1. The van der Waals surface area contributed by atoms with Crippen LogP contribution in [0.4, 0.5) is 11.5 Å². The van der Waals surface area contributed by atoms with E-state index in [1.54, 1.807) is 11.9 Å². The number of aromatic nitrogens is 1. The first-order chi connectivity index (χ1) is 9.95. The highest BCUT2D eigenvalue weighted by Gasteiger charge is 2.33. The van der Waals surface area contributed by atoms with Gasteiger partial charge in [0.1, 0.15) is 17.6 Å². The van der Waals surface area contributed by atoms with Crippen molar-refractivity contribution in [1.29, 1.82) is 0 Å². The molecule has 1 aliphatic heterocycles. The molecule has 0 aromatic carbocycles. The molecule has 2 rings (SSSR count). The summed E-state index contributed by atoms with van der Waals surface area (Å²) in [5, 5.41) is 14.2. The SMILES string of the molecule is CNc1cc(C(=O)N2CCSC(C)C2C)c([N+](=O)[O-])cn1. The second kappa shape index (κ2) is 6.30. The van der Waals surface area contributed by atoms with Gasteiger partial charge in [-0.25, -0.2) is 4.98 Å². The van der Waals surface area contributed by atoms with Crippen LogP contribution in [-0.4, -0.2) is 51.4 Å². The average Bonchev–Trinajstić information content (AvgIpc) is 2.48. The number of rotatable bonds is 3. The van der Waals surface area contributed by atoms with Crippen LogP contribution in [0, 0.1) is 10.1 Å². The van der Waals surface area contributed by atoms with E-state index in [4.69, 9.17) is 0 Å². The molecule has 1 saturated heterocycles. The number of nitrogens with zero attached hydrogens (tertiary/aromatic N) is 3. The highest BCUT2D eigenvalue weighted by Crippen LogP contribution is 2.28. The Hall–Kier alpha value is -1.83. The maximum absolute atomic E-state index is 12.7. The Bertz CT molecular complexity index is 566. The van der Waals surface area contributed by atoms with E-state index in [2.05, 4.69) is 17.2 Å². The van der Waals surface area contributed by atoms with Crippen molar-refractivity contribution >= 4 is 29.2 Å². The number of anilines is 1. The molecule has 1 aromatic rings. The summed E-state index contributed by atoms with van der Waals surface area (Å²) in [6, 6.07) is 1.49. The predicted octanol–water partition coefficient (Wildman–Crippen LogP) is 2.00. The number of hydrogen-bond acceptors (Lipinski definition) is 6. The van der Waals surface area contributed by atoms with Crippen LogP contribution in [-0.2, 0) is 0 Å². The van der Waals surface area contributed by atoms with Gasteiger partial charge in [-0.2, -0.15) is 11.8 Å². The normalized spacial score (nSPS) is 22.0. The first-order valence-corrected chi connectivity index (χ1v) is 7.75. The molecule has 0 spiro atoms. The molecule has 1 N–H and O–H groups in total.